The molecule has 0 aliphatic rings. The first kappa shape index (κ1) is 15.7. The number of rotatable bonds is 3. The van der Waals surface area contributed by atoms with Crippen LogP contribution in [0.1, 0.15) is 15.9 Å². The van der Waals surface area contributed by atoms with Gasteiger partial charge in [-0.15, -0.1) is 13.2 Å². The molecule has 7 heteroatoms. The number of nitrogens with one attached hydrogen (secondary N) is 1. The van der Waals surface area contributed by atoms with Crippen molar-refractivity contribution in [3.05, 3.63) is 53.6 Å². The molecule has 0 saturated heterocycles. The second-order valence-corrected chi connectivity index (χ2v) is 4.55. The number of anilines is 1. The molecule has 2 aromatic rings. The molecule has 0 unspecified atom stereocenters. The number of aromatic hydroxyl groups is 1. The Balaban J connectivity index is 2.18. The summed E-state index contributed by atoms with van der Waals surface area (Å²) in [5.41, 5.74) is 0.909. The van der Waals surface area contributed by atoms with E-state index in [1.807, 2.05) is 0 Å². The lowest BCUT2D eigenvalue weighted by molar-refractivity contribution is -0.274. The quantitative estimate of drug-likeness (QED) is 0.905. The van der Waals surface area contributed by atoms with Gasteiger partial charge in [0, 0.05) is 11.8 Å². The molecule has 1 amide bonds. The van der Waals surface area contributed by atoms with Gasteiger partial charge in [-0.25, -0.2) is 0 Å². The minimum Gasteiger partial charge on any atom is -0.507 e. The van der Waals surface area contributed by atoms with Gasteiger partial charge < -0.3 is 15.2 Å². The predicted molar refractivity (Wildman–Crippen MR) is 73.9 cm³/mol. The fraction of sp³-hybridized carbons (Fsp3) is 0.133. The average Bonchev–Trinajstić information content (AvgIpc) is 2.40. The van der Waals surface area contributed by atoms with Crippen molar-refractivity contribution in [1.82, 2.24) is 0 Å². The molecular formula is C15H12F3NO3. The van der Waals surface area contributed by atoms with Crippen LogP contribution in [0.5, 0.6) is 11.5 Å². The highest BCUT2D eigenvalue weighted by Crippen LogP contribution is 2.26. The van der Waals surface area contributed by atoms with Gasteiger partial charge in [-0.1, -0.05) is 17.7 Å². The zero-order valence-electron chi connectivity index (χ0n) is 11.4. The fourth-order valence-electron chi connectivity index (χ4n) is 1.80. The predicted octanol–water partition coefficient (Wildman–Crippen LogP) is 3.85. The summed E-state index contributed by atoms with van der Waals surface area (Å²) in [6.07, 6.45) is -4.81. The lowest BCUT2D eigenvalue weighted by Gasteiger charge is -2.11. The van der Waals surface area contributed by atoms with Crippen molar-refractivity contribution in [3.8, 4) is 11.5 Å². The van der Waals surface area contributed by atoms with Gasteiger partial charge in [0.2, 0.25) is 0 Å². The Bertz CT molecular complexity index is 699. The number of aryl methyl sites for hydroxylation is 1. The van der Waals surface area contributed by atoms with Gasteiger partial charge in [0.05, 0.1) is 5.56 Å². The second kappa shape index (κ2) is 5.97. The molecular weight excluding hydrogens is 299 g/mol. The molecule has 0 atom stereocenters. The van der Waals surface area contributed by atoms with Gasteiger partial charge in [0.15, 0.2) is 0 Å². The van der Waals surface area contributed by atoms with Crippen molar-refractivity contribution in [1.29, 1.82) is 0 Å². The van der Waals surface area contributed by atoms with Crippen molar-refractivity contribution in [2.75, 3.05) is 5.32 Å². The van der Waals surface area contributed by atoms with E-state index in [4.69, 9.17) is 0 Å². The number of carbonyl (C=O) groups is 1. The summed E-state index contributed by atoms with van der Waals surface area (Å²) in [5.74, 6) is -1.30. The summed E-state index contributed by atoms with van der Waals surface area (Å²) in [4.78, 5) is 12.0. The zero-order valence-corrected chi connectivity index (χ0v) is 11.4. The first-order valence-corrected chi connectivity index (χ1v) is 6.21. The van der Waals surface area contributed by atoms with Crippen molar-refractivity contribution in [2.24, 2.45) is 0 Å². The van der Waals surface area contributed by atoms with Gasteiger partial charge in [0.25, 0.3) is 5.91 Å². The molecule has 2 rings (SSSR count). The summed E-state index contributed by atoms with van der Waals surface area (Å²) in [5, 5.41) is 12.1. The third kappa shape index (κ3) is 4.15. The normalized spacial score (nSPS) is 11.1. The molecule has 0 aliphatic carbocycles. The molecule has 22 heavy (non-hydrogen) atoms. The summed E-state index contributed by atoms with van der Waals surface area (Å²) in [6, 6.07) is 9.35. The van der Waals surface area contributed by atoms with E-state index >= 15 is 0 Å². The minimum atomic E-state index is -4.81. The van der Waals surface area contributed by atoms with Crippen LogP contribution in [-0.2, 0) is 0 Å². The standard InChI is InChI=1S/C15H12F3NO3/c1-9-5-6-13(20)12(7-9)14(21)19-10-3-2-4-11(8-10)22-15(16,17)18/h2-8,20H,1H3,(H,19,21). The first-order chi connectivity index (χ1) is 10.2. The van der Waals surface area contributed by atoms with Crippen LogP contribution in [0.25, 0.3) is 0 Å². The Hall–Kier alpha value is -2.70. The summed E-state index contributed by atoms with van der Waals surface area (Å²) in [6.45, 7) is 1.74. The van der Waals surface area contributed by atoms with Crippen LogP contribution < -0.4 is 10.1 Å². The maximum absolute atomic E-state index is 12.2. The van der Waals surface area contributed by atoms with E-state index in [0.717, 1.165) is 17.7 Å². The molecule has 2 aromatic carbocycles. The smallest absolute Gasteiger partial charge is 0.507 e. The number of hydrogen-bond donors (Lipinski definition) is 2. The number of amides is 1. The lowest BCUT2D eigenvalue weighted by atomic mass is 10.1. The van der Waals surface area contributed by atoms with Gasteiger partial charge in [-0.2, -0.15) is 0 Å². The Morgan fingerprint density at radius 1 is 1.18 bits per heavy atom. The maximum Gasteiger partial charge on any atom is 0.573 e. The van der Waals surface area contributed by atoms with E-state index < -0.39 is 18.0 Å². The van der Waals surface area contributed by atoms with Crippen LogP contribution in [0.4, 0.5) is 18.9 Å². The monoisotopic (exact) mass is 311 g/mol. The van der Waals surface area contributed by atoms with Gasteiger partial charge in [-0.05, 0) is 31.2 Å². The number of phenolic OH excluding ortho intramolecular Hbond substituents is 1. The van der Waals surface area contributed by atoms with Crippen LogP contribution >= 0.6 is 0 Å². The molecule has 0 heterocycles. The number of phenols is 1. The minimum absolute atomic E-state index is 0.0298. The molecule has 2 N–H and O–H groups in total. The fourth-order valence-corrected chi connectivity index (χ4v) is 1.80. The Morgan fingerprint density at radius 3 is 2.59 bits per heavy atom. The molecule has 4 nitrogen and oxygen atoms in total. The number of halogens is 3. The zero-order chi connectivity index (χ0) is 16.3. The third-order valence-electron chi connectivity index (χ3n) is 2.72. The molecule has 0 aromatic heterocycles. The van der Waals surface area contributed by atoms with Crippen LogP contribution in [0.3, 0.4) is 0 Å². The summed E-state index contributed by atoms with van der Waals surface area (Å²) < 4.78 is 40.2. The van der Waals surface area contributed by atoms with Gasteiger partial charge in [-0.3, -0.25) is 4.79 Å². The summed E-state index contributed by atoms with van der Waals surface area (Å²) in [7, 11) is 0. The average molecular weight is 311 g/mol. The Kier molecular flexibility index (Phi) is 4.25. The van der Waals surface area contributed by atoms with E-state index in [0.29, 0.717) is 0 Å². The highest BCUT2D eigenvalue weighted by molar-refractivity contribution is 6.06. The highest BCUT2D eigenvalue weighted by atomic mass is 19.4. The van der Waals surface area contributed by atoms with Crippen LogP contribution in [-0.4, -0.2) is 17.4 Å². The number of ether oxygens (including phenoxy) is 1. The van der Waals surface area contributed by atoms with Gasteiger partial charge >= 0.3 is 6.36 Å². The Labute approximate surface area is 124 Å². The van der Waals surface area contributed by atoms with Crippen LogP contribution in [0.2, 0.25) is 0 Å². The number of hydrogen-bond acceptors (Lipinski definition) is 3. The van der Waals surface area contributed by atoms with Crippen molar-refractivity contribution in [2.45, 2.75) is 13.3 Å². The van der Waals surface area contributed by atoms with Crippen LogP contribution in [0.15, 0.2) is 42.5 Å². The number of alkyl halides is 3. The van der Waals surface area contributed by atoms with Gasteiger partial charge in [0.1, 0.15) is 11.5 Å². The maximum atomic E-state index is 12.2. The molecule has 0 fully saturated rings. The third-order valence-corrected chi connectivity index (χ3v) is 2.72. The van der Waals surface area contributed by atoms with E-state index in [-0.39, 0.29) is 17.0 Å². The topological polar surface area (TPSA) is 58.6 Å². The van der Waals surface area contributed by atoms with E-state index in [1.165, 1.54) is 24.3 Å². The molecule has 116 valence electrons. The first-order valence-electron chi connectivity index (χ1n) is 6.21. The molecule has 0 aliphatic heterocycles. The van der Waals surface area contributed by atoms with Crippen molar-refractivity contribution in [3.63, 3.8) is 0 Å². The molecule has 0 spiro atoms. The molecule has 0 saturated carbocycles. The lowest BCUT2D eigenvalue weighted by Crippen LogP contribution is -2.17. The SMILES string of the molecule is Cc1ccc(O)c(C(=O)Nc2cccc(OC(F)(F)F)c2)c1. The molecule has 0 radical (unpaired) electrons. The van der Waals surface area contributed by atoms with E-state index in [2.05, 4.69) is 10.1 Å². The van der Waals surface area contributed by atoms with E-state index in [1.54, 1.807) is 13.0 Å². The van der Waals surface area contributed by atoms with Crippen molar-refractivity contribution >= 4 is 11.6 Å². The van der Waals surface area contributed by atoms with Crippen LogP contribution in [0, 0.1) is 6.92 Å². The molecule has 0 bridgehead atoms. The second-order valence-electron chi connectivity index (χ2n) is 4.55. The highest BCUT2D eigenvalue weighted by Gasteiger charge is 2.31. The largest absolute Gasteiger partial charge is 0.573 e. The van der Waals surface area contributed by atoms with E-state index in [9.17, 15) is 23.1 Å². The number of benzene rings is 2. The number of carbonyl (C=O) groups excluding carboxylic acids is 1. The Morgan fingerprint density at radius 2 is 1.91 bits per heavy atom. The van der Waals surface area contributed by atoms with Crippen molar-refractivity contribution < 1.29 is 27.8 Å². The summed E-state index contributed by atoms with van der Waals surface area (Å²) >= 11 is 0.